The Morgan fingerprint density at radius 1 is 1.40 bits per heavy atom. The fourth-order valence-electron chi connectivity index (χ4n) is 4.06. The lowest BCUT2D eigenvalue weighted by atomic mass is 9.86. The average Bonchev–Trinajstić information content (AvgIpc) is 3.12. The van der Waals surface area contributed by atoms with Gasteiger partial charge in [-0.3, -0.25) is 0 Å². The summed E-state index contributed by atoms with van der Waals surface area (Å²) in [6, 6.07) is 6.31. The number of hydrogen-bond acceptors (Lipinski definition) is 3. The van der Waals surface area contributed by atoms with Gasteiger partial charge in [-0.25, -0.2) is 0 Å². The summed E-state index contributed by atoms with van der Waals surface area (Å²) >= 11 is 0. The van der Waals surface area contributed by atoms with Crippen molar-refractivity contribution in [3.8, 4) is 17.6 Å². The molecule has 3 rings (SSSR count). The van der Waals surface area contributed by atoms with Gasteiger partial charge in [0.05, 0.1) is 12.2 Å². The number of hydrogen-bond donors (Lipinski definition) is 2. The summed E-state index contributed by atoms with van der Waals surface area (Å²) in [5.74, 6) is 7.13. The van der Waals surface area contributed by atoms with Crippen LogP contribution in [-0.2, 0) is 6.42 Å². The first-order valence-corrected chi connectivity index (χ1v) is 9.29. The van der Waals surface area contributed by atoms with E-state index in [0.717, 1.165) is 12.2 Å². The quantitative estimate of drug-likeness (QED) is 0.638. The first kappa shape index (κ1) is 18.0. The molecule has 2 N–H and O–H groups in total. The van der Waals surface area contributed by atoms with Crippen LogP contribution in [-0.4, -0.2) is 28.5 Å². The Morgan fingerprint density at radius 2 is 2.20 bits per heavy atom. The van der Waals surface area contributed by atoms with Gasteiger partial charge in [-0.15, -0.1) is 11.8 Å². The molecule has 3 nitrogen and oxygen atoms in total. The van der Waals surface area contributed by atoms with E-state index in [2.05, 4.69) is 37.0 Å². The summed E-state index contributed by atoms with van der Waals surface area (Å²) in [6.45, 7) is 5.94. The molecule has 3 heteroatoms. The molecule has 134 valence electrons. The highest BCUT2D eigenvalue weighted by Crippen LogP contribution is 2.51. The van der Waals surface area contributed by atoms with Gasteiger partial charge in [-0.05, 0) is 24.8 Å². The number of ether oxygens (including phenoxy) is 1. The SMILES string of the molecule is CC#CC[C@H](C)[C@H](O)/C=C/[C@H]1[C@@H]2c3cccc(CC)c3O[C@@H]2C[C@@H]1O. The predicted octanol–water partition coefficient (Wildman–Crippen LogP) is 3.44. The van der Waals surface area contributed by atoms with Crippen molar-refractivity contribution in [1.29, 1.82) is 0 Å². The van der Waals surface area contributed by atoms with E-state index in [0.29, 0.717) is 12.8 Å². The standard InChI is InChI=1S/C22H28O3/c1-4-6-8-14(3)18(23)12-11-16-19(24)13-20-21(16)17-10-7-9-15(5-2)22(17)25-20/h7,9-12,14,16,18-21,23-24H,5,8,13H2,1-3H3/b12-11+/t14-,16+,18+,19-,20+,21+/m0/s1. The number of aliphatic hydroxyl groups excluding tert-OH is 2. The number of benzene rings is 1. The van der Waals surface area contributed by atoms with Crippen LogP contribution in [0, 0.1) is 23.7 Å². The third-order valence-corrected chi connectivity index (χ3v) is 5.58. The first-order valence-electron chi connectivity index (χ1n) is 9.29. The number of fused-ring (bicyclic) bond motifs is 3. The lowest BCUT2D eigenvalue weighted by Gasteiger charge is -2.19. The lowest BCUT2D eigenvalue weighted by Crippen LogP contribution is -2.19. The Kier molecular flexibility index (Phi) is 5.51. The average molecular weight is 340 g/mol. The summed E-state index contributed by atoms with van der Waals surface area (Å²) in [6.07, 6.45) is 5.15. The second-order valence-corrected chi connectivity index (χ2v) is 7.24. The molecular weight excluding hydrogens is 312 g/mol. The predicted molar refractivity (Wildman–Crippen MR) is 99.5 cm³/mol. The largest absolute Gasteiger partial charge is 0.489 e. The van der Waals surface area contributed by atoms with Crippen molar-refractivity contribution >= 4 is 0 Å². The third-order valence-electron chi connectivity index (χ3n) is 5.58. The molecular formula is C22H28O3. The smallest absolute Gasteiger partial charge is 0.126 e. The molecule has 25 heavy (non-hydrogen) atoms. The number of rotatable bonds is 5. The molecule has 1 aromatic carbocycles. The van der Waals surface area contributed by atoms with Crippen LogP contribution in [0.1, 0.15) is 50.7 Å². The van der Waals surface area contributed by atoms with Gasteiger partial charge in [0.25, 0.3) is 0 Å². The van der Waals surface area contributed by atoms with Gasteiger partial charge in [-0.2, -0.15) is 0 Å². The molecule has 0 unspecified atom stereocenters. The van der Waals surface area contributed by atoms with Crippen molar-refractivity contribution in [2.24, 2.45) is 11.8 Å². The third kappa shape index (κ3) is 3.47. The molecule has 1 fully saturated rings. The van der Waals surface area contributed by atoms with Crippen molar-refractivity contribution in [3.63, 3.8) is 0 Å². The van der Waals surface area contributed by atoms with E-state index < -0.39 is 12.2 Å². The molecule has 2 aliphatic rings. The minimum Gasteiger partial charge on any atom is -0.489 e. The summed E-state index contributed by atoms with van der Waals surface area (Å²) in [5.41, 5.74) is 2.44. The molecule has 6 atom stereocenters. The Hall–Kier alpha value is -1.76. The molecule has 0 saturated heterocycles. The van der Waals surface area contributed by atoms with Gasteiger partial charge in [0.2, 0.25) is 0 Å². The van der Waals surface area contributed by atoms with Crippen LogP contribution in [0.2, 0.25) is 0 Å². The van der Waals surface area contributed by atoms with Gasteiger partial charge in [0.1, 0.15) is 11.9 Å². The van der Waals surface area contributed by atoms with E-state index in [4.69, 9.17) is 4.74 Å². The normalized spacial score (nSPS) is 29.5. The Bertz CT molecular complexity index is 697. The minimum atomic E-state index is -0.545. The maximum Gasteiger partial charge on any atom is 0.126 e. The van der Waals surface area contributed by atoms with Crippen molar-refractivity contribution in [1.82, 2.24) is 0 Å². The van der Waals surface area contributed by atoms with Crippen LogP contribution in [0.25, 0.3) is 0 Å². The Morgan fingerprint density at radius 3 is 2.92 bits per heavy atom. The number of aryl methyl sites for hydroxylation is 1. The lowest BCUT2D eigenvalue weighted by molar-refractivity contribution is 0.134. The highest BCUT2D eigenvalue weighted by atomic mass is 16.5. The zero-order valence-corrected chi connectivity index (χ0v) is 15.3. The van der Waals surface area contributed by atoms with Crippen molar-refractivity contribution < 1.29 is 14.9 Å². The Labute approximate surface area is 150 Å². The van der Waals surface area contributed by atoms with Crippen LogP contribution in [0.5, 0.6) is 5.75 Å². The van der Waals surface area contributed by atoms with Crippen LogP contribution in [0.3, 0.4) is 0 Å². The highest BCUT2D eigenvalue weighted by molar-refractivity contribution is 5.49. The first-order chi connectivity index (χ1) is 12.1. The van der Waals surface area contributed by atoms with Gasteiger partial charge >= 0.3 is 0 Å². The molecule has 1 aromatic rings. The molecule has 0 bridgehead atoms. The highest BCUT2D eigenvalue weighted by Gasteiger charge is 2.48. The van der Waals surface area contributed by atoms with Crippen LogP contribution >= 0.6 is 0 Å². The van der Waals surface area contributed by atoms with E-state index in [1.165, 1.54) is 11.1 Å². The summed E-state index contributed by atoms with van der Waals surface area (Å²) in [4.78, 5) is 0. The second-order valence-electron chi connectivity index (χ2n) is 7.24. The van der Waals surface area contributed by atoms with E-state index in [9.17, 15) is 10.2 Å². The maximum absolute atomic E-state index is 10.5. The second kappa shape index (κ2) is 7.64. The molecule has 1 aliphatic carbocycles. The summed E-state index contributed by atoms with van der Waals surface area (Å²) < 4.78 is 6.19. The molecule has 0 spiro atoms. The van der Waals surface area contributed by atoms with Gasteiger partial charge in [-0.1, -0.05) is 44.2 Å². The Balaban J connectivity index is 1.79. The van der Waals surface area contributed by atoms with E-state index in [-0.39, 0.29) is 23.9 Å². The monoisotopic (exact) mass is 340 g/mol. The number of para-hydroxylation sites is 1. The van der Waals surface area contributed by atoms with Crippen molar-refractivity contribution in [3.05, 3.63) is 41.5 Å². The molecule has 1 saturated carbocycles. The fourth-order valence-corrected chi connectivity index (χ4v) is 4.06. The summed E-state index contributed by atoms with van der Waals surface area (Å²) in [7, 11) is 0. The fraction of sp³-hybridized carbons (Fsp3) is 0.545. The minimum absolute atomic E-state index is 0.0162. The molecule has 0 aromatic heterocycles. The molecule has 0 amide bonds. The van der Waals surface area contributed by atoms with Gasteiger partial charge in [0, 0.05) is 30.2 Å². The summed E-state index contributed by atoms with van der Waals surface area (Å²) in [5, 5.41) is 20.8. The molecule has 0 radical (unpaired) electrons. The van der Waals surface area contributed by atoms with Crippen LogP contribution in [0.4, 0.5) is 0 Å². The zero-order valence-electron chi connectivity index (χ0n) is 15.3. The molecule has 1 heterocycles. The maximum atomic E-state index is 10.5. The molecule has 1 aliphatic heterocycles. The van der Waals surface area contributed by atoms with Crippen molar-refractivity contribution in [2.75, 3.05) is 0 Å². The topological polar surface area (TPSA) is 49.7 Å². The van der Waals surface area contributed by atoms with Gasteiger partial charge in [0.15, 0.2) is 0 Å². The van der Waals surface area contributed by atoms with E-state index in [1.54, 1.807) is 0 Å². The van der Waals surface area contributed by atoms with E-state index in [1.807, 2.05) is 26.0 Å². The number of aliphatic hydroxyl groups is 2. The van der Waals surface area contributed by atoms with Gasteiger partial charge < -0.3 is 14.9 Å². The van der Waals surface area contributed by atoms with Crippen LogP contribution in [0.15, 0.2) is 30.4 Å². The van der Waals surface area contributed by atoms with E-state index >= 15 is 0 Å². The van der Waals surface area contributed by atoms with Crippen LogP contribution < -0.4 is 4.74 Å². The zero-order chi connectivity index (χ0) is 18.0. The van der Waals surface area contributed by atoms with Crippen molar-refractivity contribution in [2.45, 2.75) is 64.3 Å².